The van der Waals surface area contributed by atoms with E-state index in [1.54, 1.807) is 0 Å². The zero-order chi connectivity index (χ0) is 13.6. The predicted molar refractivity (Wildman–Crippen MR) is 83.6 cm³/mol. The highest BCUT2D eigenvalue weighted by Gasteiger charge is 2.30. The minimum atomic E-state index is -0.0470. The summed E-state index contributed by atoms with van der Waals surface area (Å²) in [4.78, 5) is 12.9. The highest BCUT2D eigenvalue weighted by molar-refractivity contribution is 9.10. The lowest BCUT2D eigenvalue weighted by Gasteiger charge is -2.11. The molecule has 3 nitrogen and oxygen atoms in total. The third-order valence-electron chi connectivity index (χ3n) is 3.58. The minimum absolute atomic E-state index is 0.0470. The molecule has 0 bridgehead atoms. The van der Waals surface area contributed by atoms with Crippen molar-refractivity contribution in [3.8, 4) is 0 Å². The van der Waals surface area contributed by atoms with Crippen molar-refractivity contribution in [3.63, 3.8) is 0 Å². The van der Waals surface area contributed by atoms with Crippen molar-refractivity contribution in [2.45, 2.75) is 25.8 Å². The van der Waals surface area contributed by atoms with Crippen LogP contribution in [0.5, 0.6) is 0 Å². The van der Waals surface area contributed by atoms with Crippen LogP contribution in [0.3, 0.4) is 0 Å². The maximum atomic E-state index is 12.3. The molecule has 1 fully saturated rings. The molecule has 3 N–H and O–H groups in total. The fraction of sp³-hybridized carbons (Fsp3) is 0.357. The fourth-order valence-corrected chi connectivity index (χ4v) is 3.82. The first-order valence-corrected chi connectivity index (χ1v) is 7.95. The van der Waals surface area contributed by atoms with Crippen LogP contribution in [0.25, 0.3) is 10.1 Å². The van der Waals surface area contributed by atoms with Crippen LogP contribution in [0.2, 0.25) is 0 Å². The van der Waals surface area contributed by atoms with E-state index in [0.29, 0.717) is 16.5 Å². The van der Waals surface area contributed by atoms with Crippen molar-refractivity contribution < 1.29 is 4.79 Å². The number of fused-ring (bicyclic) bond motifs is 1. The van der Waals surface area contributed by atoms with E-state index >= 15 is 0 Å². The summed E-state index contributed by atoms with van der Waals surface area (Å²) < 4.78 is 2.04. The van der Waals surface area contributed by atoms with Gasteiger partial charge in [0.1, 0.15) is 4.88 Å². The van der Waals surface area contributed by atoms with E-state index in [2.05, 4.69) is 28.2 Å². The summed E-state index contributed by atoms with van der Waals surface area (Å²) in [5, 5.41) is 4.01. The number of nitrogens with two attached hydrogens (primary N) is 1. The van der Waals surface area contributed by atoms with Gasteiger partial charge in [-0.3, -0.25) is 4.79 Å². The van der Waals surface area contributed by atoms with E-state index in [-0.39, 0.29) is 11.9 Å². The molecule has 1 aromatic carbocycles. The van der Waals surface area contributed by atoms with Crippen molar-refractivity contribution in [1.82, 2.24) is 5.32 Å². The summed E-state index contributed by atoms with van der Waals surface area (Å²) in [6.45, 7) is 2.07. The van der Waals surface area contributed by atoms with E-state index < -0.39 is 0 Å². The molecule has 0 radical (unpaired) electrons. The van der Waals surface area contributed by atoms with Crippen molar-refractivity contribution in [3.05, 3.63) is 27.5 Å². The molecule has 19 heavy (non-hydrogen) atoms. The van der Waals surface area contributed by atoms with E-state index in [4.69, 9.17) is 5.73 Å². The Balaban J connectivity index is 1.91. The lowest BCUT2D eigenvalue weighted by Crippen LogP contribution is -2.33. The Hall–Kier alpha value is -1.07. The molecule has 2 aromatic rings. The average Bonchev–Trinajstić information content (AvgIpc) is 3.15. The summed E-state index contributed by atoms with van der Waals surface area (Å²) in [6, 6.07) is 6.13. The second-order valence-electron chi connectivity index (χ2n) is 5.08. The van der Waals surface area contributed by atoms with Crippen LogP contribution in [-0.2, 0) is 0 Å². The van der Waals surface area contributed by atoms with Crippen molar-refractivity contribution in [2.24, 2.45) is 5.92 Å². The van der Waals surface area contributed by atoms with Crippen LogP contribution in [0.4, 0.5) is 5.69 Å². The molecule has 1 aliphatic rings. The Morgan fingerprint density at radius 2 is 2.26 bits per heavy atom. The molecule has 1 saturated carbocycles. The van der Waals surface area contributed by atoms with Gasteiger partial charge in [0.05, 0.1) is 5.69 Å². The molecule has 0 aliphatic heterocycles. The van der Waals surface area contributed by atoms with Crippen LogP contribution >= 0.6 is 27.3 Å². The van der Waals surface area contributed by atoms with Gasteiger partial charge in [-0.1, -0.05) is 22.0 Å². The smallest absolute Gasteiger partial charge is 0.263 e. The van der Waals surface area contributed by atoms with Gasteiger partial charge in [-0.25, -0.2) is 0 Å². The first-order valence-electron chi connectivity index (χ1n) is 6.34. The molecule has 0 spiro atoms. The maximum absolute atomic E-state index is 12.3. The van der Waals surface area contributed by atoms with Crippen LogP contribution < -0.4 is 11.1 Å². The molecule has 5 heteroatoms. The first kappa shape index (κ1) is 12.9. The number of amides is 1. The van der Waals surface area contributed by atoms with Gasteiger partial charge >= 0.3 is 0 Å². The van der Waals surface area contributed by atoms with Crippen molar-refractivity contribution in [1.29, 1.82) is 0 Å². The summed E-state index contributed by atoms with van der Waals surface area (Å²) in [7, 11) is 0. The predicted octanol–water partition coefficient (Wildman–Crippen LogP) is 3.77. The topological polar surface area (TPSA) is 55.1 Å². The highest BCUT2D eigenvalue weighted by Crippen LogP contribution is 2.36. The number of benzene rings is 1. The molecular weight excluding hydrogens is 324 g/mol. The van der Waals surface area contributed by atoms with Crippen LogP contribution in [0, 0.1) is 5.92 Å². The van der Waals surface area contributed by atoms with Gasteiger partial charge in [0, 0.05) is 20.6 Å². The fourth-order valence-electron chi connectivity index (χ4n) is 2.25. The van der Waals surface area contributed by atoms with E-state index in [9.17, 15) is 4.79 Å². The Bertz CT molecular complexity index is 648. The lowest BCUT2D eigenvalue weighted by molar-refractivity contribution is 0.0941. The molecule has 1 heterocycles. The van der Waals surface area contributed by atoms with E-state index in [1.807, 2.05) is 18.2 Å². The number of nitrogen functional groups attached to an aromatic ring is 1. The molecule has 0 saturated heterocycles. The lowest BCUT2D eigenvalue weighted by atomic mass is 10.2. The first-order chi connectivity index (χ1) is 9.06. The Labute approximate surface area is 124 Å². The summed E-state index contributed by atoms with van der Waals surface area (Å²) in [5.74, 6) is 0.600. The molecule has 100 valence electrons. The van der Waals surface area contributed by atoms with Gasteiger partial charge in [-0.2, -0.15) is 0 Å². The molecule has 1 unspecified atom stereocenters. The molecule has 3 rings (SSSR count). The van der Waals surface area contributed by atoms with Crippen LogP contribution in [-0.4, -0.2) is 11.9 Å². The second kappa shape index (κ2) is 4.80. The monoisotopic (exact) mass is 338 g/mol. The summed E-state index contributed by atoms with van der Waals surface area (Å²) in [6.07, 6.45) is 2.44. The molecular formula is C14H15BrN2OS. The number of anilines is 1. The van der Waals surface area contributed by atoms with Crippen molar-refractivity contribution in [2.75, 3.05) is 5.73 Å². The SMILES string of the molecule is CC(NC(=O)c1sc2cc(Br)ccc2c1N)C1CC1. The highest BCUT2D eigenvalue weighted by atomic mass is 79.9. The number of thiophene rings is 1. The zero-order valence-corrected chi connectivity index (χ0v) is 13.0. The molecule has 1 aromatic heterocycles. The third kappa shape index (κ3) is 2.49. The maximum Gasteiger partial charge on any atom is 0.263 e. The number of carbonyl (C=O) groups excluding carboxylic acids is 1. The van der Waals surface area contributed by atoms with Crippen LogP contribution in [0.15, 0.2) is 22.7 Å². The average molecular weight is 339 g/mol. The number of hydrogen-bond donors (Lipinski definition) is 2. The van der Waals surface area contributed by atoms with E-state index in [1.165, 1.54) is 24.2 Å². The van der Waals surface area contributed by atoms with E-state index in [0.717, 1.165) is 14.6 Å². The number of hydrogen-bond acceptors (Lipinski definition) is 3. The third-order valence-corrected chi connectivity index (χ3v) is 5.24. The Morgan fingerprint density at radius 1 is 1.53 bits per heavy atom. The van der Waals surface area contributed by atoms with Gasteiger partial charge in [0.25, 0.3) is 5.91 Å². The second-order valence-corrected chi connectivity index (χ2v) is 7.05. The van der Waals surface area contributed by atoms with Gasteiger partial charge in [0.2, 0.25) is 0 Å². The van der Waals surface area contributed by atoms with Crippen molar-refractivity contribution >= 4 is 48.9 Å². The number of carbonyl (C=O) groups is 1. The van der Waals surface area contributed by atoms with Gasteiger partial charge in [-0.05, 0) is 37.8 Å². The molecule has 1 atom stereocenters. The Kier molecular flexibility index (Phi) is 3.27. The van der Waals surface area contributed by atoms with Gasteiger partial charge in [0.15, 0.2) is 0 Å². The van der Waals surface area contributed by atoms with Gasteiger partial charge < -0.3 is 11.1 Å². The number of rotatable bonds is 3. The Morgan fingerprint density at radius 3 is 2.95 bits per heavy atom. The largest absolute Gasteiger partial charge is 0.397 e. The quantitative estimate of drug-likeness (QED) is 0.894. The molecule has 1 aliphatic carbocycles. The van der Waals surface area contributed by atoms with Gasteiger partial charge in [-0.15, -0.1) is 11.3 Å². The zero-order valence-electron chi connectivity index (χ0n) is 10.6. The number of nitrogens with one attached hydrogen (secondary N) is 1. The standard InChI is InChI=1S/C14H15BrN2OS/c1-7(8-2-3-8)17-14(18)13-12(16)10-5-4-9(15)6-11(10)19-13/h4-8H,2-3,16H2,1H3,(H,17,18). The van der Waals surface area contributed by atoms with Crippen LogP contribution in [0.1, 0.15) is 29.4 Å². The number of halogens is 1. The molecule has 1 amide bonds. The normalized spacial score (nSPS) is 16.5. The summed E-state index contributed by atoms with van der Waals surface area (Å²) >= 11 is 4.89. The minimum Gasteiger partial charge on any atom is -0.397 e. The summed E-state index contributed by atoms with van der Waals surface area (Å²) in [5.41, 5.74) is 6.68.